The van der Waals surface area contributed by atoms with Gasteiger partial charge in [-0.1, -0.05) is 25.0 Å². The zero-order chi connectivity index (χ0) is 22.5. The van der Waals surface area contributed by atoms with Crippen molar-refractivity contribution < 1.29 is 13.9 Å². The predicted octanol–water partition coefficient (Wildman–Crippen LogP) is 4.85. The number of nitrogens with one attached hydrogen (secondary N) is 1. The molecule has 1 aliphatic heterocycles. The Hall–Kier alpha value is -2.03. The van der Waals surface area contributed by atoms with E-state index in [0.717, 1.165) is 74.5 Å². The lowest BCUT2D eigenvalue weighted by atomic mass is 9.96. The number of benzene rings is 1. The molecule has 0 atom stereocenters. The molecule has 8 heteroatoms. The fourth-order valence-electron chi connectivity index (χ4n) is 4.46. The number of esters is 1. The number of hydrogen-bond acceptors (Lipinski definition) is 5. The number of nitrogens with zero attached hydrogens (tertiary/aromatic N) is 2. The molecule has 2 heterocycles. The number of hydrogen-bond donors (Lipinski definition) is 1. The van der Waals surface area contributed by atoms with E-state index in [1.165, 1.54) is 37.0 Å². The minimum absolute atomic E-state index is 0.206. The first kappa shape index (κ1) is 23.1. The van der Waals surface area contributed by atoms with E-state index >= 15 is 0 Å². The Morgan fingerprint density at radius 3 is 2.47 bits per heavy atom. The second kappa shape index (κ2) is 10.7. The third kappa shape index (κ3) is 5.47. The van der Waals surface area contributed by atoms with Crippen molar-refractivity contribution in [2.75, 3.05) is 38.6 Å². The van der Waals surface area contributed by atoms with Crippen LogP contribution in [0.5, 0.6) is 0 Å². The summed E-state index contributed by atoms with van der Waals surface area (Å²) in [5.41, 5.74) is 2.93. The molecule has 1 saturated heterocycles. The molecule has 0 saturated carbocycles. The quantitative estimate of drug-likeness (QED) is 0.504. The highest BCUT2D eigenvalue weighted by Crippen LogP contribution is 2.37. The maximum Gasteiger partial charge on any atom is 0.341 e. The van der Waals surface area contributed by atoms with Crippen molar-refractivity contribution in [3.63, 3.8) is 0 Å². The van der Waals surface area contributed by atoms with E-state index in [4.69, 9.17) is 17.0 Å². The SMILES string of the molecule is COC(=O)c1c(NC(=S)N2CCN(Cc3ccc(F)cc3)CC2)sc2c1CCCCCC2. The number of methoxy groups -OCH3 is 1. The number of ether oxygens (including phenoxy) is 1. The number of thiophene rings is 1. The van der Waals surface area contributed by atoms with Gasteiger partial charge in [0.05, 0.1) is 12.7 Å². The second-order valence-electron chi connectivity index (χ2n) is 8.43. The van der Waals surface area contributed by atoms with Gasteiger partial charge in [-0.25, -0.2) is 9.18 Å². The summed E-state index contributed by atoms with van der Waals surface area (Å²) in [5.74, 6) is -0.486. The topological polar surface area (TPSA) is 44.8 Å². The molecule has 0 radical (unpaired) electrons. The number of aryl methyl sites for hydroxylation is 1. The molecular formula is C24H30FN3O2S2. The fourth-order valence-corrected chi connectivity index (χ4v) is 6.08. The molecule has 0 unspecified atom stereocenters. The molecule has 4 rings (SSSR count). The summed E-state index contributed by atoms with van der Waals surface area (Å²) in [6, 6.07) is 6.69. The van der Waals surface area contributed by atoms with Gasteiger partial charge in [-0.2, -0.15) is 0 Å². The van der Waals surface area contributed by atoms with Crippen molar-refractivity contribution in [2.45, 2.75) is 45.1 Å². The largest absolute Gasteiger partial charge is 0.465 e. The number of carbonyl (C=O) groups excluding carboxylic acids is 1. The van der Waals surface area contributed by atoms with Gasteiger partial charge in [-0.05, 0) is 61.2 Å². The van der Waals surface area contributed by atoms with Crippen LogP contribution < -0.4 is 5.32 Å². The first-order valence-electron chi connectivity index (χ1n) is 11.3. The average molecular weight is 476 g/mol. The van der Waals surface area contributed by atoms with Crippen molar-refractivity contribution in [3.05, 3.63) is 51.7 Å². The fraction of sp³-hybridized carbons (Fsp3) is 0.500. The van der Waals surface area contributed by atoms with Crippen molar-refractivity contribution in [2.24, 2.45) is 0 Å². The standard InChI is InChI=1S/C24H30FN3O2S2/c1-30-23(29)21-19-6-4-2-3-5-7-20(19)32-22(21)26-24(31)28-14-12-27(13-15-28)16-17-8-10-18(25)11-9-17/h8-11H,2-7,12-16H2,1H3,(H,26,31). The summed E-state index contributed by atoms with van der Waals surface area (Å²) in [6.07, 6.45) is 6.66. The van der Waals surface area contributed by atoms with E-state index in [1.54, 1.807) is 11.3 Å². The van der Waals surface area contributed by atoms with Crippen LogP contribution in [0.1, 0.15) is 52.0 Å². The second-order valence-corrected chi connectivity index (χ2v) is 9.93. The molecule has 1 aliphatic carbocycles. The van der Waals surface area contributed by atoms with Crippen LogP contribution in [0.15, 0.2) is 24.3 Å². The van der Waals surface area contributed by atoms with Gasteiger partial charge < -0.3 is 15.0 Å². The summed E-state index contributed by atoms with van der Waals surface area (Å²) in [6.45, 7) is 4.18. The number of anilines is 1. The van der Waals surface area contributed by atoms with Gasteiger partial charge in [0.15, 0.2) is 5.11 Å². The van der Waals surface area contributed by atoms with Crippen LogP contribution in [0, 0.1) is 5.82 Å². The molecule has 0 spiro atoms. The van der Waals surface area contributed by atoms with Crippen LogP contribution in [0.4, 0.5) is 9.39 Å². The van der Waals surface area contributed by atoms with Gasteiger partial charge in [0, 0.05) is 37.6 Å². The maximum atomic E-state index is 13.1. The van der Waals surface area contributed by atoms with E-state index in [-0.39, 0.29) is 11.8 Å². The Labute approximate surface area is 198 Å². The molecule has 1 aromatic carbocycles. The molecule has 172 valence electrons. The summed E-state index contributed by atoms with van der Waals surface area (Å²) >= 11 is 7.38. The van der Waals surface area contributed by atoms with Crippen LogP contribution in [-0.2, 0) is 24.1 Å². The molecule has 2 aromatic rings. The van der Waals surface area contributed by atoms with Crippen LogP contribution in [-0.4, -0.2) is 54.2 Å². The van der Waals surface area contributed by atoms with Crippen LogP contribution in [0.3, 0.4) is 0 Å². The van der Waals surface area contributed by atoms with Crippen molar-refractivity contribution in [3.8, 4) is 0 Å². The van der Waals surface area contributed by atoms with E-state index in [1.807, 2.05) is 12.1 Å². The molecule has 0 amide bonds. The smallest absolute Gasteiger partial charge is 0.341 e. The third-order valence-electron chi connectivity index (χ3n) is 6.26. The molecular weight excluding hydrogens is 445 g/mol. The maximum absolute atomic E-state index is 13.1. The van der Waals surface area contributed by atoms with Crippen LogP contribution in [0.25, 0.3) is 0 Å². The van der Waals surface area contributed by atoms with Gasteiger partial charge in [-0.15, -0.1) is 11.3 Å². The van der Waals surface area contributed by atoms with Gasteiger partial charge in [-0.3, -0.25) is 4.90 Å². The Kier molecular flexibility index (Phi) is 7.75. The number of fused-ring (bicyclic) bond motifs is 1. The zero-order valence-corrected chi connectivity index (χ0v) is 20.1. The monoisotopic (exact) mass is 475 g/mol. The summed E-state index contributed by atoms with van der Waals surface area (Å²) in [5, 5.41) is 4.86. The van der Waals surface area contributed by atoms with Gasteiger partial charge >= 0.3 is 5.97 Å². The Morgan fingerprint density at radius 2 is 1.78 bits per heavy atom. The first-order valence-corrected chi connectivity index (χ1v) is 12.5. The zero-order valence-electron chi connectivity index (χ0n) is 18.5. The summed E-state index contributed by atoms with van der Waals surface area (Å²) < 4.78 is 18.3. The molecule has 32 heavy (non-hydrogen) atoms. The van der Waals surface area contributed by atoms with E-state index in [9.17, 15) is 9.18 Å². The van der Waals surface area contributed by atoms with E-state index in [0.29, 0.717) is 10.7 Å². The number of rotatable bonds is 4. The lowest BCUT2D eigenvalue weighted by Crippen LogP contribution is -2.49. The summed E-state index contributed by atoms with van der Waals surface area (Å²) in [7, 11) is 1.44. The van der Waals surface area contributed by atoms with Crippen molar-refractivity contribution in [1.82, 2.24) is 9.80 Å². The van der Waals surface area contributed by atoms with Gasteiger partial charge in [0.2, 0.25) is 0 Å². The highest BCUT2D eigenvalue weighted by molar-refractivity contribution is 7.80. The highest BCUT2D eigenvalue weighted by Gasteiger charge is 2.27. The van der Waals surface area contributed by atoms with Gasteiger partial charge in [0.1, 0.15) is 10.8 Å². The lowest BCUT2D eigenvalue weighted by molar-refractivity contribution is 0.0601. The van der Waals surface area contributed by atoms with Crippen molar-refractivity contribution in [1.29, 1.82) is 0 Å². The molecule has 2 aliphatic rings. The number of thiocarbonyl (C=S) groups is 1. The normalized spacial score (nSPS) is 17.2. The minimum atomic E-state index is -0.280. The third-order valence-corrected chi connectivity index (χ3v) is 7.83. The number of halogens is 1. The minimum Gasteiger partial charge on any atom is -0.465 e. The molecule has 1 N–H and O–H groups in total. The van der Waals surface area contributed by atoms with E-state index < -0.39 is 0 Å². The Balaban J connectivity index is 1.40. The molecule has 1 aromatic heterocycles. The van der Waals surface area contributed by atoms with E-state index in [2.05, 4.69) is 15.1 Å². The van der Waals surface area contributed by atoms with Crippen LogP contribution in [0.2, 0.25) is 0 Å². The van der Waals surface area contributed by atoms with Crippen molar-refractivity contribution >= 4 is 39.6 Å². The number of piperazine rings is 1. The van der Waals surface area contributed by atoms with Gasteiger partial charge in [0.25, 0.3) is 0 Å². The van der Waals surface area contributed by atoms with Crippen LogP contribution >= 0.6 is 23.6 Å². The Bertz CT molecular complexity index is 953. The lowest BCUT2D eigenvalue weighted by Gasteiger charge is -2.36. The first-order chi connectivity index (χ1) is 15.5. The number of carbonyl (C=O) groups is 1. The predicted molar refractivity (Wildman–Crippen MR) is 131 cm³/mol. The molecule has 0 bridgehead atoms. The average Bonchev–Trinajstić information content (AvgIpc) is 3.11. The molecule has 1 fully saturated rings. The summed E-state index contributed by atoms with van der Waals surface area (Å²) in [4.78, 5) is 18.4. The Morgan fingerprint density at radius 1 is 1.09 bits per heavy atom. The highest BCUT2D eigenvalue weighted by atomic mass is 32.1. The molecule has 5 nitrogen and oxygen atoms in total.